The van der Waals surface area contributed by atoms with E-state index in [9.17, 15) is 9.59 Å². The smallest absolute Gasteiger partial charge is 0.247 e. The summed E-state index contributed by atoms with van der Waals surface area (Å²) in [5.41, 5.74) is 2.04. The molecule has 0 aliphatic carbocycles. The highest BCUT2D eigenvalue weighted by Crippen LogP contribution is 2.20. The van der Waals surface area contributed by atoms with Crippen molar-refractivity contribution in [3.8, 4) is 0 Å². The molecule has 2 amide bonds. The Hall–Kier alpha value is -1.53. The van der Waals surface area contributed by atoms with Gasteiger partial charge in [0.05, 0.1) is 0 Å². The molecule has 0 radical (unpaired) electrons. The average Bonchev–Trinajstić information content (AvgIpc) is 3.06. The molecule has 2 saturated heterocycles. The second-order valence-electron chi connectivity index (χ2n) is 6.45. The third-order valence-electron chi connectivity index (χ3n) is 4.66. The van der Waals surface area contributed by atoms with Crippen molar-refractivity contribution in [2.45, 2.75) is 32.4 Å². The number of nitrogens with one attached hydrogen (secondary N) is 1. The summed E-state index contributed by atoms with van der Waals surface area (Å²) in [5, 5.41) is 2.99. The predicted octanol–water partition coefficient (Wildman–Crippen LogP) is 2.18. The van der Waals surface area contributed by atoms with Gasteiger partial charge in [-0.1, -0.05) is 12.1 Å². The summed E-state index contributed by atoms with van der Waals surface area (Å²) < 4.78 is 0. The minimum atomic E-state index is -0.328. The zero-order valence-corrected chi connectivity index (χ0v) is 15.0. The summed E-state index contributed by atoms with van der Waals surface area (Å²) in [5.74, 6) is 2.29. The molecule has 0 saturated carbocycles. The molecule has 24 heavy (non-hydrogen) atoms. The maximum absolute atomic E-state index is 12.5. The van der Waals surface area contributed by atoms with Gasteiger partial charge in [0.2, 0.25) is 11.8 Å². The van der Waals surface area contributed by atoms with Gasteiger partial charge in [-0.25, -0.2) is 0 Å². The van der Waals surface area contributed by atoms with Gasteiger partial charge in [0.1, 0.15) is 6.04 Å². The Morgan fingerprint density at radius 3 is 2.79 bits per heavy atom. The third-order valence-corrected chi connectivity index (χ3v) is 5.61. The fourth-order valence-corrected chi connectivity index (χ4v) is 4.39. The van der Waals surface area contributed by atoms with E-state index in [1.165, 1.54) is 24.0 Å². The molecule has 130 valence electrons. The van der Waals surface area contributed by atoms with Gasteiger partial charge in [-0.2, -0.15) is 11.8 Å². The Morgan fingerprint density at radius 1 is 1.25 bits per heavy atom. The lowest BCUT2D eigenvalue weighted by Crippen LogP contribution is -2.42. The standard InChI is InChI=1S/C18H25N3O2S/c1-14(22)21-7-3-6-17(21)18(23)19-16-5-2-4-15(12-16)13-20-8-10-24-11-9-20/h2,4-5,12,17H,3,6-11,13H2,1H3,(H,19,23)/t17-/m1/s1. The van der Waals surface area contributed by atoms with Crippen LogP contribution in [0, 0.1) is 0 Å². The van der Waals surface area contributed by atoms with Gasteiger partial charge in [-0.05, 0) is 30.5 Å². The number of hydrogen-bond acceptors (Lipinski definition) is 4. The molecule has 1 atom stereocenters. The van der Waals surface area contributed by atoms with Crippen LogP contribution >= 0.6 is 11.8 Å². The van der Waals surface area contributed by atoms with E-state index in [0.29, 0.717) is 6.54 Å². The van der Waals surface area contributed by atoms with E-state index in [4.69, 9.17) is 0 Å². The Labute approximate surface area is 147 Å². The van der Waals surface area contributed by atoms with Crippen LogP contribution in [0.3, 0.4) is 0 Å². The Bertz CT molecular complexity index is 602. The second kappa shape index (κ2) is 8.03. The molecule has 2 heterocycles. The highest BCUT2D eigenvalue weighted by atomic mass is 32.2. The van der Waals surface area contributed by atoms with Gasteiger partial charge >= 0.3 is 0 Å². The van der Waals surface area contributed by atoms with Crippen molar-refractivity contribution in [3.05, 3.63) is 29.8 Å². The van der Waals surface area contributed by atoms with Gasteiger partial charge in [0, 0.05) is 50.3 Å². The van der Waals surface area contributed by atoms with Crippen molar-refractivity contribution in [3.63, 3.8) is 0 Å². The van der Waals surface area contributed by atoms with Crippen molar-refractivity contribution < 1.29 is 9.59 Å². The largest absolute Gasteiger partial charge is 0.331 e. The number of benzene rings is 1. The lowest BCUT2D eigenvalue weighted by atomic mass is 10.1. The number of rotatable bonds is 4. The van der Waals surface area contributed by atoms with Crippen LogP contribution in [-0.4, -0.2) is 58.8 Å². The minimum absolute atomic E-state index is 0.0237. The molecule has 0 bridgehead atoms. The number of hydrogen-bond donors (Lipinski definition) is 1. The van der Waals surface area contributed by atoms with Crippen LogP contribution in [0.2, 0.25) is 0 Å². The number of likely N-dealkylation sites (tertiary alicyclic amines) is 1. The van der Waals surface area contributed by atoms with E-state index >= 15 is 0 Å². The summed E-state index contributed by atoms with van der Waals surface area (Å²) in [6, 6.07) is 7.73. The normalized spacial score (nSPS) is 21.7. The van der Waals surface area contributed by atoms with E-state index in [1.54, 1.807) is 4.90 Å². The number of thioether (sulfide) groups is 1. The summed E-state index contributed by atoms with van der Waals surface area (Å²) in [6.07, 6.45) is 1.64. The molecule has 0 spiro atoms. The van der Waals surface area contributed by atoms with Crippen molar-refractivity contribution in [2.75, 3.05) is 36.5 Å². The molecular formula is C18H25N3O2S. The van der Waals surface area contributed by atoms with Crippen molar-refractivity contribution >= 4 is 29.3 Å². The molecule has 5 nitrogen and oxygen atoms in total. The number of nitrogens with zero attached hydrogens (tertiary/aromatic N) is 2. The molecule has 6 heteroatoms. The molecule has 2 aliphatic rings. The first-order valence-electron chi connectivity index (χ1n) is 8.60. The van der Waals surface area contributed by atoms with Gasteiger partial charge in [-0.3, -0.25) is 14.5 Å². The first kappa shape index (κ1) is 17.3. The van der Waals surface area contributed by atoms with E-state index in [0.717, 1.165) is 38.2 Å². The van der Waals surface area contributed by atoms with Crippen LogP contribution in [0.15, 0.2) is 24.3 Å². The fourth-order valence-electron chi connectivity index (χ4n) is 3.41. The topological polar surface area (TPSA) is 52.7 Å². The summed E-state index contributed by atoms with van der Waals surface area (Å²) in [6.45, 7) is 5.38. The van der Waals surface area contributed by atoms with Crippen molar-refractivity contribution in [1.82, 2.24) is 9.80 Å². The monoisotopic (exact) mass is 347 g/mol. The predicted molar refractivity (Wildman–Crippen MR) is 98.1 cm³/mol. The molecule has 2 aliphatic heterocycles. The Kier molecular flexibility index (Phi) is 5.79. The first-order chi connectivity index (χ1) is 11.6. The molecule has 1 aromatic carbocycles. The van der Waals surface area contributed by atoms with Crippen molar-refractivity contribution in [2.24, 2.45) is 0 Å². The van der Waals surface area contributed by atoms with E-state index < -0.39 is 0 Å². The second-order valence-corrected chi connectivity index (χ2v) is 7.67. The molecule has 0 unspecified atom stereocenters. The van der Waals surface area contributed by atoms with Crippen LogP contribution in [0.5, 0.6) is 0 Å². The van der Waals surface area contributed by atoms with Gasteiger partial charge in [0.15, 0.2) is 0 Å². The van der Waals surface area contributed by atoms with E-state index in [2.05, 4.69) is 16.3 Å². The quantitative estimate of drug-likeness (QED) is 0.907. The SMILES string of the molecule is CC(=O)N1CCC[C@@H]1C(=O)Nc1cccc(CN2CCSCC2)c1. The zero-order chi connectivity index (χ0) is 16.9. The highest BCUT2D eigenvalue weighted by molar-refractivity contribution is 7.99. The van der Waals surface area contributed by atoms with Gasteiger partial charge in [-0.15, -0.1) is 0 Å². The average molecular weight is 347 g/mol. The highest BCUT2D eigenvalue weighted by Gasteiger charge is 2.32. The van der Waals surface area contributed by atoms with Gasteiger partial charge in [0.25, 0.3) is 0 Å². The first-order valence-corrected chi connectivity index (χ1v) is 9.76. The molecule has 1 aromatic rings. The molecule has 1 N–H and O–H groups in total. The number of carbonyl (C=O) groups is 2. The maximum Gasteiger partial charge on any atom is 0.247 e. The maximum atomic E-state index is 12.5. The van der Waals surface area contributed by atoms with E-state index in [1.807, 2.05) is 30.0 Å². The molecule has 3 rings (SSSR count). The lowest BCUT2D eigenvalue weighted by Gasteiger charge is -2.26. The fraction of sp³-hybridized carbons (Fsp3) is 0.556. The third kappa shape index (κ3) is 4.30. The van der Waals surface area contributed by atoms with Gasteiger partial charge < -0.3 is 10.2 Å². The number of carbonyl (C=O) groups excluding carboxylic acids is 2. The summed E-state index contributed by atoms with van der Waals surface area (Å²) in [7, 11) is 0. The molecule has 2 fully saturated rings. The lowest BCUT2D eigenvalue weighted by molar-refractivity contribution is -0.134. The van der Waals surface area contributed by atoms with Crippen molar-refractivity contribution in [1.29, 1.82) is 0 Å². The minimum Gasteiger partial charge on any atom is -0.331 e. The zero-order valence-electron chi connectivity index (χ0n) is 14.2. The molecule has 0 aromatic heterocycles. The van der Waals surface area contributed by atoms with E-state index in [-0.39, 0.29) is 17.9 Å². The Morgan fingerprint density at radius 2 is 2.04 bits per heavy atom. The number of amides is 2. The summed E-state index contributed by atoms with van der Waals surface area (Å²) >= 11 is 2.01. The van der Waals surface area contributed by atoms with Crippen LogP contribution in [0.4, 0.5) is 5.69 Å². The Balaban J connectivity index is 1.61. The van der Waals surface area contributed by atoms with Crippen LogP contribution in [-0.2, 0) is 16.1 Å². The van der Waals surface area contributed by atoms with Crippen LogP contribution in [0.25, 0.3) is 0 Å². The van der Waals surface area contributed by atoms with Crippen LogP contribution < -0.4 is 5.32 Å². The molecular weight excluding hydrogens is 322 g/mol. The van der Waals surface area contributed by atoms with Crippen LogP contribution in [0.1, 0.15) is 25.3 Å². The summed E-state index contributed by atoms with van der Waals surface area (Å²) in [4.78, 5) is 28.3. The number of anilines is 1.